The summed E-state index contributed by atoms with van der Waals surface area (Å²) in [6.07, 6.45) is -3.48. The first-order chi connectivity index (χ1) is 6.02. The van der Waals surface area contributed by atoms with E-state index in [-0.39, 0.29) is 11.9 Å². The number of methoxy groups -OCH3 is 1. The Morgan fingerprint density at radius 2 is 1.92 bits per heavy atom. The van der Waals surface area contributed by atoms with Crippen LogP contribution < -0.4 is 0 Å². The maximum absolute atomic E-state index is 8.83. The van der Waals surface area contributed by atoms with Crippen molar-refractivity contribution in [1.82, 2.24) is 0 Å². The summed E-state index contributed by atoms with van der Waals surface area (Å²) in [6, 6.07) is 0. The third-order valence-corrected chi connectivity index (χ3v) is 1.84. The SMILES string of the molecule is COC(OC(CO)[C@@H](C)S)C(O)O. The van der Waals surface area contributed by atoms with E-state index in [1.807, 2.05) is 0 Å². The standard InChI is InChI=1S/C7H16O5S/c1-4(13)5(3-8)12-7(11-2)6(9)10/h4-10,13H,3H2,1-2H3/t4-,5?,7?/m1/s1. The number of hydrogen-bond acceptors (Lipinski definition) is 6. The smallest absolute Gasteiger partial charge is 0.209 e. The van der Waals surface area contributed by atoms with Crippen LogP contribution in [0.2, 0.25) is 0 Å². The number of aliphatic hydroxyl groups is 3. The Morgan fingerprint density at radius 1 is 1.38 bits per heavy atom. The number of thiol groups is 1. The average Bonchev–Trinajstić information content (AvgIpc) is 2.05. The predicted molar refractivity (Wildman–Crippen MR) is 49.4 cm³/mol. The van der Waals surface area contributed by atoms with E-state index in [0.29, 0.717) is 0 Å². The van der Waals surface area contributed by atoms with E-state index in [0.717, 1.165) is 0 Å². The molecular formula is C7H16O5S. The minimum atomic E-state index is -1.73. The molecule has 0 aliphatic rings. The summed E-state index contributed by atoms with van der Waals surface area (Å²) >= 11 is 4.05. The summed E-state index contributed by atoms with van der Waals surface area (Å²) in [4.78, 5) is 0. The van der Waals surface area contributed by atoms with Crippen LogP contribution in [0, 0.1) is 0 Å². The highest BCUT2D eigenvalue weighted by molar-refractivity contribution is 7.81. The van der Waals surface area contributed by atoms with Crippen molar-refractivity contribution < 1.29 is 24.8 Å². The third-order valence-electron chi connectivity index (χ3n) is 1.50. The Hall–Kier alpha value is 0.150. The van der Waals surface area contributed by atoms with Crippen LogP contribution in [0.5, 0.6) is 0 Å². The van der Waals surface area contributed by atoms with E-state index in [1.165, 1.54) is 7.11 Å². The van der Waals surface area contributed by atoms with Crippen LogP contribution in [0.1, 0.15) is 6.92 Å². The van der Waals surface area contributed by atoms with Crippen molar-refractivity contribution in [1.29, 1.82) is 0 Å². The van der Waals surface area contributed by atoms with Gasteiger partial charge < -0.3 is 24.8 Å². The second kappa shape index (κ2) is 6.58. The van der Waals surface area contributed by atoms with Gasteiger partial charge in [-0.25, -0.2) is 0 Å². The van der Waals surface area contributed by atoms with Crippen molar-refractivity contribution in [2.24, 2.45) is 0 Å². The molecule has 0 spiro atoms. The van der Waals surface area contributed by atoms with Crippen molar-refractivity contribution >= 4 is 12.6 Å². The summed E-state index contributed by atoms with van der Waals surface area (Å²) < 4.78 is 9.65. The normalized spacial score (nSPS) is 18.7. The molecule has 80 valence electrons. The maximum atomic E-state index is 8.83. The highest BCUT2D eigenvalue weighted by Gasteiger charge is 2.23. The van der Waals surface area contributed by atoms with Crippen LogP contribution in [0.4, 0.5) is 0 Å². The van der Waals surface area contributed by atoms with Crippen LogP contribution in [0.15, 0.2) is 0 Å². The van der Waals surface area contributed by atoms with E-state index >= 15 is 0 Å². The van der Waals surface area contributed by atoms with Crippen LogP contribution in [0.3, 0.4) is 0 Å². The van der Waals surface area contributed by atoms with Crippen molar-refractivity contribution in [3.63, 3.8) is 0 Å². The molecule has 0 fully saturated rings. The van der Waals surface area contributed by atoms with E-state index in [9.17, 15) is 0 Å². The summed E-state index contributed by atoms with van der Waals surface area (Å²) in [5.74, 6) is 0. The van der Waals surface area contributed by atoms with E-state index in [2.05, 4.69) is 17.4 Å². The fourth-order valence-electron chi connectivity index (χ4n) is 0.729. The van der Waals surface area contributed by atoms with Gasteiger partial charge in [-0.1, -0.05) is 6.92 Å². The Kier molecular flexibility index (Phi) is 6.66. The summed E-state index contributed by atoms with van der Waals surface area (Å²) in [5, 5.41) is 26.1. The molecule has 3 atom stereocenters. The molecule has 0 aromatic carbocycles. The Labute approximate surface area is 82.7 Å². The molecule has 0 aliphatic carbocycles. The van der Waals surface area contributed by atoms with Crippen molar-refractivity contribution in [3.8, 4) is 0 Å². The molecule has 2 unspecified atom stereocenters. The highest BCUT2D eigenvalue weighted by atomic mass is 32.1. The minimum Gasteiger partial charge on any atom is -0.394 e. The van der Waals surface area contributed by atoms with Gasteiger partial charge in [0.1, 0.15) is 0 Å². The predicted octanol–water partition coefficient (Wildman–Crippen LogP) is -1.03. The number of rotatable bonds is 6. The lowest BCUT2D eigenvalue weighted by Gasteiger charge is -2.25. The molecule has 0 aromatic rings. The number of ether oxygens (including phenoxy) is 2. The first-order valence-corrected chi connectivity index (χ1v) is 4.37. The van der Waals surface area contributed by atoms with E-state index in [1.54, 1.807) is 6.92 Å². The van der Waals surface area contributed by atoms with Gasteiger partial charge in [-0.05, 0) is 0 Å². The number of aliphatic hydroxyl groups excluding tert-OH is 2. The molecule has 5 nitrogen and oxygen atoms in total. The highest BCUT2D eigenvalue weighted by Crippen LogP contribution is 2.10. The summed E-state index contributed by atoms with van der Waals surface area (Å²) in [5.41, 5.74) is 0. The van der Waals surface area contributed by atoms with Crippen LogP contribution >= 0.6 is 12.6 Å². The van der Waals surface area contributed by atoms with Gasteiger partial charge in [-0.2, -0.15) is 12.6 Å². The van der Waals surface area contributed by atoms with Gasteiger partial charge in [-0.15, -0.1) is 0 Å². The van der Waals surface area contributed by atoms with Gasteiger partial charge in [0, 0.05) is 12.4 Å². The molecule has 3 N–H and O–H groups in total. The van der Waals surface area contributed by atoms with Gasteiger partial charge in [0.15, 0.2) is 0 Å². The lowest BCUT2D eigenvalue weighted by Crippen LogP contribution is -2.38. The average molecular weight is 212 g/mol. The molecule has 0 saturated carbocycles. The van der Waals surface area contributed by atoms with Crippen LogP contribution in [-0.2, 0) is 9.47 Å². The fourth-order valence-corrected chi connectivity index (χ4v) is 0.894. The topological polar surface area (TPSA) is 79.2 Å². The van der Waals surface area contributed by atoms with Crippen LogP contribution in [0.25, 0.3) is 0 Å². The largest absolute Gasteiger partial charge is 0.394 e. The third kappa shape index (κ3) is 4.80. The minimum absolute atomic E-state index is 0.221. The van der Waals surface area contributed by atoms with Gasteiger partial charge in [0.25, 0.3) is 0 Å². The molecule has 6 heteroatoms. The molecule has 0 saturated heterocycles. The van der Waals surface area contributed by atoms with Gasteiger partial charge >= 0.3 is 0 Å². The first kappa shape index (κ1) is 13.2. The fraction of sp³-hybridized carbons (Fsp3) is 1.00. The molecule has 0 rings (SSSR count). The molecule has 0 radical (unpaired) electrons. The molecule has 0 aromatic heterocycles. The van der Waals surface area contributed by atoms with Gasteiger partial charge in [0.2, 0.25) is 12.6 Å². The second-order valence-electron chi connectivity index (χ2n) is 2.62. The molecule has 13 heavy (non-hydrogen) atoms. The quantitative estimate of drug-likeness (QED) is 0.334. The zero-order chi connectivity index (χ0) is 10.4. The molecule has 0 amide bonds. The lowest BCUT2D eigenvalue weighted by atomic mass is 10.3. The summed E-state index contributed by atoms with van der Waals surface area (Å²) in [7, 11) is 1.28. The molecule has 0 aliphatic heterocycles. The lowest BCUT2D eigenvalue weighted by molar-refractivity contribution is -0.262. The van der Waals surface area contributed by atoms with E-state index < -0.39 is 18.7 Å². The Balaban J connectivity index is 4.03. The Bertz CT molecular complexity index is 116. The molecular weight excluding hydrogens is 196 g/mol. The summed E-state index contributed by atoms with van der Waals surface area (Å²) in [6.45, 7) is 1.47. The van der Waals surface area contributed by atoms with Gasteiger partial charge in [-0.3, -0.25) is 0 Å². The van der Waals surface area contributed by atoms with E-state index in [4.69, 9.17) is 20.1 Å². The first-order valence-electron chi connectivity index (χ1n) is 3.86. The van der Waals surface area contributed by atoms with Gasteiger partial charge in [0.05, 0.1) is 12.7 Å². The van der Waals surface area contributed by atoms with Crippen molar-refractivity contribution in [3.05, 3.63) is 0 Å². The maximum Gasteiger partial charge on any atom is 0.209 e. The number of hydrogen-bond donors (Lipinski definition) is 4. The zero-order valence-electron chi connectivity index (χ0n) is 7.62. The zero-order valence-corrected chi connectivity index (χ0v) is 8.52. The molecule has 0 heterocycles. The van der Waals surface area contributed by atoms with Crippen LogP contribution in [-0.4, -0.2) is 53.0 Å². The molecule has 0 bridgehead atoms. The van der Waals surface area contributed by atoms with Crippen molar-refractivity contribution in [2.75, 3.05) is 13.7 Å². The monoisotopic (exact) mass is 212 g/mol. The van der Waals surface area contributed by atoms with Crippen molar-refractivity contribution in [2.45, 2.75) is 30.9 Å². The Morgan fingerprint density at radius 3 is 2.15 bits per heavy atom. The second-order valence-corrected chi connectivity index (χ2v) is 3.43.